The predicted octanol–water partition coefficient (Wildman–Crippen LogP) is 2.15. The van der Waals surface area contributed by atoms with Gasteiger partial charge in [-0.15, -0.1) is 0 Å². The number of rotatable bonds is 10. The van der Waals surface area contributed by atoms with Crippen molar-refractivity contribution in [2.75, 3.05) is 56.5 Å². The molecule has 4 rings (SSSR count). The average molecular weight is 467 g/mol. The fourth-order valence-corrected chi connectivity index (χ4v) is 3.98. The van der Waals surface area contributed by atoms with Crippen LogP contribution in [0.5, 0.6) is 0 Å². The maximum Gasteiger partial charge on any atom is 0.229 e. The van der Waals surface area contributed by atoms with Crippen molar-refractivity contribution in [3.05, 3.63) is 41.9 Å². The number of piperazine rings is 1. The Hall–Kier alpha value is -2.92. The van der Waals surface area contributed by atoms with Crippen molar-refractivity contribution < 1.29 is 10.2 Å². The third-order valence-electron chi connectivity index (χ3n) is 5.91. The van der Waals surface area contributed by atoms with Crippen LogP contribution in [0.1, 0.15) is 37.6 Å². The molecule has 1 atom stereocenters. The summed E-state index contributed by atoms with van der Waals surface area (Å²) < 4.78 is 0. The number of pyridine rings is 2. The lowest BCUT2D eigenvalue weighted by Crippen LogP contribution is -2.46. The molecule has 10 nitrogen and oxygen atoms in total. The van der Waals surface area contributed by atoms with Gasteiger partial charge in [-0.05, 0) is 31.0 Å². The van der Waals surface area contributed by atoms with Gasteiger partial charge in [-0.3, -0.25) is 9.80 Å². The molecule has 1 saturated heterocycles. The third-order valence-corrected chi connectivity index (χ3v) is 5.91. The Bertz CT molecular complexity index is 1070. The highest BCUT2D eigenvalue weighted by Gasteiger charge is 2.17. The predicted molar refractivity (Wildman–Crippen MR) is 133 cm³/mol. The second-order valence-corrected chi connectivity index (χ2v) is 8.65. The van der Waals surface area contributed by atoms with Gasteiger partial charge >= 0.3 is 0 Å². The molecule has 3 aromatic rings. The van der Waals surface area contributed by atoms with Crippen LogP contribution >= 0.6 is 0 Å². The lowest BCUT2D eigenvalue weighted by atomic mass is 10.2. The molecule has 0 saturated carbocycles. The van der Waals surface area contributed by atoms with E-state index < -0.39 is 6.10 Å². The number of nitrogens with one attached hydrogen (secondary N) is 2. The van der Waals surface area contributed by atoms with Crippen LogP contribution in [0.2, 0.25) is 0 Å². The third kappa shape index (κ3) is 6.15. The van der Waals surface area contributed by atoms with E-state index >= 15 is 0 Å². The van der Waals surface area contributed by atoms with Crippen LogP contribution in [-0.2, 0) is 6.54 Å². The van der Waals surface area contributed by atoms with Crippen LogP contribution in [0.4, 0.5) is 17.6 Å². The molecule has 1 aliphatic heterocycles. The zero-order valence-electron chi connectivity index (χ0n) is 19.9. The molecular weight excluding hydrogens is 432 g/mol. The van der Waals surface area contributed by atoms with E-state index in [4.69, 9.17) is 5.11 Å². The second kappa shape index (κ2) is 11.5. The first-order valence-electron chi connectivity index (χ1n) is 11.9. The van der Waals surface area contributed by atoms with Crippen LogP contribution in [0.25, 0.3) is 10.9 Å². The first kappa shape index (κ1) is 24.2. The number of fused-ring (bicyclic) bond motifs is 1. The fourth-order valence-electron chi connectivity index (χ4n) is 3.98. The summed E-state index contributed by atoms with van der Waals surface area (Å²) in [6, 6.07) is 5.83. The van der Waals surface area contributed by atoms with E-state index in [1.807, 2.05) is 18.3 Å². The minimum atomic E-state index is -0.670. The Morgan fingerprint density at radius 2 is 1.85 bits per heavy atom. The topological polar surface area (TPSA) is 123 Å². The first-order chi connectivity index (χ1) is 16.6. The number of aliphatic hydroxyl groups is 2. The van der Waals surface area contributed by atoms with E-state index in [1.165, 1.54) is 0 Å². The highest BCUT2D eigenvalue weighted by atomic mass is 16.3. The summed E-state index contributed by atoms with van der Waals surface area (Å²) in [7, 11) is 0. The second-order valence-electron chi connectivity index (χ2n) is 8.65. The first-order valence-corrected chi connectivity index (χ1v) is 11.9. The summed E-state index contributed by atoms with van der Waals surface area (Å²) in [5.74, 6) is 1.76. The van der Waals surface area contributed by atoms with Gasteiger partial charge in [0, 0.05) is 63.6 Å². The minimum Gasteiger partial charge on any atom is -0.395 e. The molecule has 34 heavy (non-hydrogen) atoms. The molecule has 0 aromatic carbocycles. The zero-order chi connectivity index (χ0) is 23.9. The molecule has 10 heteroatoms. The number of hydrogen-bond donors (Lipinski definition) is 4. The fraction of sp³-hybridized carbons (Fsp3) is 0.500. The average Bonchev–Trinajstić information content (AvgIpc) is 2.85. The zero-order valence-corrected chi connectivity index (χ0v) is 19.9. The van der Waals surface area contributed by atoms with E-state index in [0.29, 0.717) is 28.8 Å². The Balaban J connectivity index is 1.43. The molecule has 0 radical (unpaired) electrons. The molecule has 4 heterocycles. The normalized spacial score (nSPS) is 16.0. The largest absolute Gasteiger partial charge is 0.395 e. The quantitative estimate of drug-likeness (QED) is 0.353. The Labute approximate surface area is 200 Å². The smallest absolute Gasteiger partial charge is 0.229 e. The number of nitrogens with zero attached hydrogens (tertiary/aromatic N) is 6. The number of anilines is 3. The number of hydrogen-bond acceptors (Lipinski definition) is 10. The molecule has 3 aromatic heterocycles. The Morgan fingerprint density at radius 3 is 2.53 bits per heavy atom. The molecule has 182 valence electrons. The lowest BCUT2D eigenvalue weighted by molar-refractivity contribution is 0.108. The molecule has 0 spiro atoms. The molecule has 0 amide bonds. The van der Waals surface area contributed by atoms with Crippen LogP contribution in [0.3, 0.4) is 0 Å². The van der Waals surface area contributed by atoms with E-state index in [-0.39, 0.29) is 6.61 Å². The standard InChI is InChI=1S/C24H34N8O2/c1-3-6-25-23-22-19(13-20(28-23)17(2)34)15-27-24(30-22)29-21-5-4-18(14-26-21)16-32-9-7-31(8-10-32)11-12-33/h4-5,13-15,17,33-34H,3,6-12,16H2,1-2H3,(H,25,28)(H,26,27,29,30). The summed E-state index contributed by atoms with van der Waals surface area (Å²) in [5, 5.41) is 26.4. The van der Waals surface area contributed by atoms with Crippen LogP contribution in [0, 0.1) is 0 Å². The van der Waals surface area contributed by atoms with Crippen LogP contribution in [-0.4, -0.2) is 85.8 Å². The van der Waals surface area contributed by atoms with Gasteiger partial charge in [0.1, 0.15) is 11.3 Å². The van der Waals surface area contributed by atoms with Crippen molar-refractivity contribution in [2.24, 2.45) is 0 Å². The van der Waals surface area contributed by atoms with E-state index in [2.05, 4.69) is 53.4 Å². The van der Waals surface area contributed by atoms with Crippen molar-refractivity contribution >= 4 is 28.5 Å². The lowest BCUT2D eigenvalue weighted by Gasteiger charge is -2.34. The summed E-state index contributed by atoms with van der Waals surface area (Å²) >= 11 is 0. The van der Waals surface area contributed by atoms with E-state index in [0.717, 1.165) is 63.2 Å². The van der Waals surface area contributed by atoms with Gasteiger partial charge in [0.25, 0.3) is 0 Å². The summed E-state index contributed by atoms with van der Waals surface area (Å²) in [6.07, 6.45) is 3.90. The molecule has 0 aliphatic carbocycles. The molecular formula is C24H34N8O2. The minimum absolute atomic E-state index is 0.218. The van der Waals surface area contributed by atoms with Gasteiger partial charge in [-0.1, -0.05) is 13.0 Å². The van der Waals surface area contributed by atoms with Crippen LogP contribution in [0.15, 0.2) is 30.6 Å². The van der Waals surface area contributed by atoms with Crippen molar-refractivity contribution in [1.29, 1.82) is 0 Å². The number of aromatic nitrogens is 4. The molecule has 1 unspecified atom stereocenters. The van der Waals surface area contributed by atoms with Crippen molar-refractivity contribution in [3.8, 4) is 0 Å². The SMILES string of the molecule is CCCNc1nc(C(C)O)cc2cnc(Nc3ccc(CN4CCN(CCO)CC4)cn3)nc12. The van der Waals surface area contributed by atoms with Crippen molar-refractivity contribution in [2.45, 2.75) is 32.9 Å². The highest BCUT2D eigenvalue weighted by Crippen LogP contribution is 2.25. The van der Waals surface area contributed by atoms with Gasteiger partial charge in [-0.25, -0.2) is 19.9 Å². The van der Waals surface area contributed by atoms with Crippen molar-refractivity contribution in [1.82, 2.24) is 29.7 Å². The van der Waals surface area contributed by atoms with Gasteiger partial charge < -0.3 is 20.8 Å². The highest BCUT2D eigenvalue weighted by molar-refractivity contribution is 5.89. The van der Waals surface area contributed by atoms with Gasteiger partial charge in [0.05, 0.1) is 18.4 Å². The van der Waals surface area contributed by atoms with E-state index in [1.54, 1.807) is 13.1 Å². The van der Waals surface area contributed by atoms with Gasteiger partial charge in [0.2, 0.25) is 5.95 Å². The summed E-state index contributed by atoms with van der Waals surface area (Å²) in [5.41, 5.74) is 2.44. The Kier molecular flexibility index (Phi) is 8.17. The Morgan fingerprint density at radius 1 is 1.06 bits per heavy atom. The monoisotopic (exact) mass is 466 g/mol. The van der Waals surface area contributed by atoms with Crippen molar-refractivity contribution in [3.63, 3.8) is 0 Å². The number of aliphatic hydroxyl groups excluding tert-OH is 2. The summed E-state index contributed by atoms with van der Waals surface area (Å²) in [6.45, 7) is 10.3. The number of β-amino-alcohol motifs (C(OH)–C–C–N with tert-alkyl or cyclic N) is 1. The van der Waals surface area contributed by atoms with Gasteiger partial charge in [0.15, 0.2) is 5.82 Å². The molecule has 4 N–H and O–H groups in total. The summed E-state index contributed by atoms with van der Waals surface area (Å²) in [4.78, 5) is 22.9. The van der Waals surface area contributed by atoms with Gasteiger partial charge in [-0.2, -0.15) is 0 Å². The molecule has 1 fully saturated rings. The maximum absolute atomic E-state index is 9.98. The molecule has 0 bridgehead atoms. The molecule has 1 aliphatic rings. The van der Waals surface area contributed by atoms with Crippen LogP contribution < -0.4 is 10.6 Å². The maximum atomic E-state index is 9.98. The van der Waals surface area contributed by atoms with E-state index in [9.17, 15) is 5.11 Å².